The number of carboxylic acid groups (broad SMARTS) is 1. The average molecular weight is 252 g/mol. The molecule has 0 saturated carbocycles. The second kappa shape index (κ2) is 6.17. The van der Waals surface area contributed by atoms with Crippen molar-refractivity contribution in [3.8, 4) is 0 Å². The molecule has 0 amide bonds. The summed E-state index contributed by atoms with van der Waals surface area (Å²) in [6.45, 7) is 5.67. The molecule has 0 aliphatic heterocycles. The minimum Gasteiger partial charge on any atom is -0.480 e. The van der Waals surface area contributed by atoms with Gasteiger partial charge >= 0.3 is 5.97 Å². The maximum atomic E-state index is 11.7. The predicted molar refractivity (Wildman–Crippen MR) is 61.2 cm³/mol. The van der Waals surface area contributed by atoms with Crippen molar-refractivity contribution in [2.24, 2.45) is 5.92 Å². The van der Waals surface area contributed by atoms with Crippen molar-refractivity contribution in [1.82, 2.24) is 9.03 Å². The van der Waals surface area contributed by atoms with Gasteiger partial charge in [0.25, 0.3) is 10.2 Å². The van der Waals surface area contributed by atoms with Crippen LogP contribution in [0, 0.1) is 5.92 Å². The summed E-state index contributed by atoms with van der Waals surface area (Å²) in [6, 6.07) is -1.02. The molecular formula is C9H20N2O4S. The predicted octanol–water partition coefficient (Wildman–Crippen LogP) is 0.272. The Labute approximate surface area is 96.8 Å². The number of hydrogen-bond donors (Lipinski definition) is 2. The van der Waals surface area contributed by atoms with Gasteiger partial charge in [0.15, 0.2) is 0 Å². The first-order chi connectivity index (χ1) is 7.22. The van der Waals surface area contributed by atoms with E-state index in [2.05, 4.69) is 4.72 Å². The van der Waals surface area contributed by atoms with E-state index in [1.54, 1.807) is 6.92 Å². The van der Waals surface area contributed by atoms with Gasteiger partial charge in [0.2, 0.25) is 0 Å². The van der Waals surface area contributed by atoms with Crippen LogP contribution in [0.15, 0.2) is 0 Å². The summed E-state index contributed by atoms with van der Waals surface area (Å²) in [5.74, 6) is -0.965. The molecule has 0 rings (SSSR count). The molecule has 0 spiro atoms. The Kier molecular flexibility index (Phi) is 5.91. The van der Waals surface area contributed by atoms with Crippen molar-refractivity contribution >= 4 is 16.2 Å². The van der Waals surface area contributed by atoms with Gasteiger partial charge in [-0.1, -0.05) is 20.8 Å². The summed E-state index contributed by atoms with van der Waals surface area (Å²) in [4.78, 5) is 10.8. The number of nitrogens with zero attached hydrogens (tertiary/aromatic N) is 1. The van der Waals surface area contributed by atoms with Crippen LogP contribution in [0.2, 0.25) is 0 Å². The van der Waals surface area contributed by atoms with E-state index in [4.69, 9.17) is 5.11 Å². The molecule has 7 heteroatoms. The van der Waals surface area contributed by atoms with Crippen LogP contribution >= 0.6 is 0 Å². The van der Waals surface area contributed by atoms with Crippen LogP contribution in [0.5, 0.6) is 0 Å². The first kappa shape index (κ1) is 15.3. The average Bonchev–Trinajstić information content (AvgIpc) is 2.15. The number of hydrogen-bond acceptors (Lipinski definition) is 3. The van der Waals surface area contributed by atoms with Crippen LogP contribution in [-0.4, -0.2) is 43.4 Å². The van der Waals surface area contributed by atoms with E-state index < -0.39 is 22.2 Å². The smallest absolute Gasteiger partial charge is 0.322 e. The van der Waals surface area contributed by atoms with Crippen molar-refractivity contribution in [2.45, 2.75) is 33.2 Å². The zero-order chi connectivity index (χ0) is 12.9. The number of carboxylic acids is 1. The zero-order valence-corrected chi connectivity index (χ0v) is 10.9. The highest BCUT2D eigenvalue weighted by atomic mass is 32.2. The van der Waals surface area contributed by atoms with Crippen molar-refractivity contribution < 1.29 is 18.3 Å². The molecule has 1 unspecified atom stereocenters. The first-order valence-electron chi connectivity index (χ1n) is 5.17. The van der Waals surface area contributed by atoms with Gasteiger partial charge < -0.3 is 5.11 Å². The molecule has 0 aromatic carbocycles. The Morgan fingerprint density at radius 3 is 2.25 bits per heavy atom. The largest absolute Gasteiger partial charge is 0.480 e. The fraction of sp³-hybridized carbons (Fsp3) is 0.889. The summed E-state index contributed by atoms with van der Waals surface area (Å²) < 4.78 is 26.6. The van der Waals surface area contributed by atoms with E-state index in [0.29, 0.717) is 6.54 Å². The fourth-order valence-corrected chi connectivity index (χ4v) is 2.45. The van der Waals surface area contributed by atoms with Crippen molar-refractivity contribution in [3.63, 3.8) is 0 Å². The Bertz CT molecular complexity index is 326. The highest BCUT2D eigenvalue weighted by Gasteiger charge is 2.29. The summed E-state index contributed by atoms with van der Waals surface area (Å²) >= 11 is 0. The van der Waals surface area contributed by atoms with E-state index in [0.717, 1.165) is 4.31 Å². The van der Waals surface area contributed by atoms with Crippen LogP contribution in [0.1, 0.15) is 27.2 Å². The van der Waals surface area contributed by atoms with Crippen LogP contribution in [0.4, 0.5) is 0 Å². The highest BCUT2D eigenvalue weighted by Crippen LogP contribution is 2.07. The topological polar surface area (TPSA) is 86.7 Å². The molecule has 0 saturated heterocycles. The van der Waals surface area contributed by atoms with Gasteiger partial charge in [-0.15, -0.1) is 0 Å². The molecule has 6 nitrogen and oxygen atoms in total. The Morgan fingerprint density at radius 1 is 1.44 bits per heavy atom. The third-order valence-electron chi connectivity index (χ3n) is 2.16. The van der Waals surface area contributed by atoms with Gasteiger partial charge in [0, 0.05) is 13.6 Å². The monoisotopic (exact) mass is 252 g/mol. The number of aliphatic carboxylic acids is 1. The molecule has 0 aromatic heterocycles. The quantitative estimate of drug-likeness (QED) is 0.681. The third kappa shape index (κ3) is 4.46. The van der Waals surface area contributed by atoms with Crippen molar-refractivity contribution in [2.75, 3.05) is 13.6 Å². The number of carbonyl (C=O) groups is 1. The van der Waals surface area contributed by atoms with Crippen molar-refractivity contribution in [1.29, 1.82) is 0 Å². The third-order valence-corrected chi connectivity index (χ3v) is 3.71. The van der Waals surface area contributed by atoms with E-state index in [1.807, 2.05) is 13.8 Å². The van der Waals surface area contributed by atoms with E-state index in [-0.39, 0.29) is 12.3 Å². The molecule has 0 aliphatic carbocycles. The van der Waals surface area contributed by atoms with E-state index in [9.17, 15) is 13.2 Å². The summed E-state index contributed by atoms with van der Waals surface area (Å²) in [6.07, 6.45) is 0.231. The Balaban J connectivity index is 4.68. The van der Waals surface area contributed by atoms with Gasteiger partial charge in [-0.2, -0.15) is 12.7 Å². The maximum Gasteiger partial charge on any atom is 0.322 e. The molecule has 16 heavy (non-hydrogen) atoms. The molecule has 0 heterocycles. The van der Waals surface area contributed by atoms with Crippen LogP contribution < -0.4 is 4.72 Å². The number of nitrogens with one attached hydrogen (secondary N) is 1. The maximum absolute atomic E-state index is 11.7. The second-order valence-electron chi connectivity index (χ2n) is 4.03. The van der Waals surface area contributed by atoms with Gasteiger partial charge in [-0.05, 0) is 12.3 Å². The molecule has 2 N–H and O–H groups in total. The minimum atomic E-state index is -3.71. The van der Waals surface area contributed by atoms with Crippen LogP contribution in [0.3, 0.4) is 0 Å². The highest BCUT2D eigenvalue weighted by molar-refractivity contribution is 7.87. The lowest BCUT2D eigenvalue weighted by molar-refractivity contribution is -0.141. The minimum absolute atomic E-state index is 0.174. The molecule has 0 radical (unpaired) electrons. The molecular weight excluding hydrogens is 232 g/mol. The zero-order valence-electron chi connectivity index (χ0n) is 10.1. The number of rotatable bonds is 7. The van der Waals surface area contributed by atoms with Crippen LogP contribution in [-0.2, 0) is 15.0 Å². The normalized spacial score (nSPS) is 14.4. The lowest BCUT2D eigenvalue weighted by Crippen LogP contribution is -2.48. The van der Waals surface area contributed by atoms with E-state index >= 15 is 0 Å². The second-order valence-corrected chi connectivity index (χ2v) is 5.84. The van der Waals surface area contributed by atoms with Gasteiger partial charge in [-0.3, -0.25) is 4.79 Å². The lowest BCUT2D eigenvalue weighted by Gasteiger charge is -2.23. The Hall–Kier alpha value is -0.660. The van der Waals surface area contributed by atoms with Gasteiger partial charge in [0.1, 0.15) is 6.04 Å². The molecule has 0 aliphatic rings. The Morgan fingerprint density at radius 2 is 1.94 bits per heavy atom. The summed E-state index contributed by atoms with van der Waals surface area (Å²) in [7, 11) is -2.44. The SMILES string of the molecule is CCC(C(=O)O)N(C)S(=O)(=O)NCC(C)C. The standard InChI is InChI=1S/C9H20N2O4S/c1-5-8(9(12)13)11(4)16(14,15)10-6-7(2)3/h7-8,10H,5-6H2,1-4H3,(H,12,13). The van der Waals surface area contributed by atoms with Crippen LogP contribution in [0.25, 0.3) is 0 Å². The van der Waals surface area contributed by atoms with Gasteiger partial charge in [-0.25, -0.2) is 4.72 Å². The first-order valence-corrected chi connectivity index (χ1v) is 6.61. The number of likely N-dealkylation sites (N-methyl/N-ethyl adjacent to an activating group) is 1. The van der Waals surface area contributed by atoms with Gasteiger partial charge in [0.05, 0.1) is 0 Å². The lowest BCUT2D eigenvalue weighted by atomic mass is 10.2. The molecule has 1 atom stereocenters. The van der Waals surface area contributed by atoms with E-state index in [1.165, 1.54) is 7.05 Å². The summed E-state index contributed by atoms with van der Waals surface area (Å²) in [5.41, 5.74) is 0. The summed E-state index contributed by atoms with van der Waals surface area (Å²) in [5, 5.41) is 8.85. The molecule has 96 valence electrons. The fourth-order valence-electron chi connectivity index (χ4n) is 1.13. The molecule has 0 aromatic rings. The molecule has 0 bridgehead atoms. The van der Waals surface area contributed by atoms with Crippen molar-refractivity contribution in [3.05, 3.63) is 0 Å². The molecule has 0 fully saturated rings.